The van der Waals surface area contributed by atoms with Crippen molar-refractivity contribution in [3.63, 3.8) is 0 Å². The van der Waals surface area contributed by atoms with Crippen LogP contribution in [-0.4, -0.2) is 40.0 Å². The van der Waals surface area contributed by atoms with Crippen molar-refractivity contribution in [1.82, 2.24) is 0 Å². The molecule has 0 fully saturated rings. The number of hydrogen-bond donors (Lipinski definition) is 0. The van der Waals surface area contributed by atoms with Gasteiger partial charge in [0.2, 0.25) is 0 Å². The summed E-state index contributed by atoms with van der Waals surface area (Å²) in [5, 5.41) is 0. The molecule has 2 aromatic carbocycles. The first-order chi connectivity index (χ1) is 13.2. The molecule has 0 saturated heterocycles. The zero-order valence-electron chi connectivity index (χ0n) is 15.8. The highest BCUT2D eigenvalue weighted by atomic mass is 16.6. The summed E-state index contributed by atoms with van der Waals surface area (Å²) in [6.45, 7) is 2.11. The molecule has 2 rings (SSSR count). The van der Waals surface area contributed by atoms with Crippen LogP contribution in [0.15, 0.2) is 48.5 Å². The molecule has 0 spiro atoms. The Balaban J connectivity index is 1.72. The van der Waals surface area contributed by atoms with Gasteiger partial charge in [-0.1, -0.05) is 18.2 Å². The number of hydrogen-bond acceptors (Lipinski definition) is 6. The molecule has 0 aromatic heterocycles. The SMILES string of the molecule is C/C=C/c1ccc(OCC(=O)OCCOc2ccc(OC)cc2)c(OC)c1. The third-order valence-electron chi connectivity index (χ3n) is 3.57. The molecule has 0 aliphatic heterocycles. The van der Waals surface area contributed by atoms with Crippen molar-refractivity contribution in [3.05, 3.63) is 54.1 Å². The Hall–Kier alpha value is -3.15. The number of carbonyl (C=O) groups is 1. The van der Waals surface area contributed by atoms with Crippen LogP contribution >= 0.6 is 0 Å². The van der Waals surface area contributed by atoms with Gasteiger partial charge in [-0.3, -0.25) is 0 Å². The standard InChI is InChI=1S/C21H24O6/c1-4-5-16-6-11-19(20(14-16)24-3)27-15-21(22)26-13-12-25-18-9-7-17(23-2)8-10-18/h4-11,14H,12-13,15H2,1-3H3/b5-4+. The first-order valence-corrected chi connectivity index (χ1v) is 8.52. The van der Waals surface area contributed by atoms with E-state index in [2.05, 4.69) is 0 Å². The zero-order valence-corrected chi connectivity index (χ0v) is 15.8. The minimum absolute atomic E-state index is 0.131. The molecule has 0 amide bonds. The molecule has 2 aromatic rings. The summed E-state index contributed by atoms with van der Waals surface area (Å²) < 4.78 is 26.4. The normalized spacial score (nSPS) is 10.5. The van der Waals surface area contributed by atoms with Gasteiger partial charge in [0.05, 0.1) is 14.2 Å². The highest BCUT2D eigenvalue weighted by molar-refractivity contribution is 5.71. The summed E-state index contributed by atoms with van der Waals surface area (Å²) in [6.07, 6.45) is 3.88. The van der Waals surface area contributed by atoms with E-state index in [0.717, 1.165) is 11.3 Å². The minimum atomic E-state index is -0.479. The van der Waals surface area contributed by atoms with E-state index in [0.29, 0.717) is 17.2 Å². The average molecular weight is 372 g/mol. The maximum atomic E-state index is 11.8. The number of esters is 1. The second kappa shape index (κ2) is 10.8. The lowest BCUT2D eigenvalue weighted by Crippen LogP contribution is -2.18. The fourth-order valence-electron chi connectivity index (χ4n) is 2.26. The van der Waals surface area contributed by atoms with Gasteiger partial charge in [0.1, 0.15) is 24.7 Å². The first kappa shape index (κ1) is 20.2. The van der Waals surface area contributed by atoms with Crippen LogP contribution in [0.1, 0.15) is 12.5 Å². The summed E-state index contributed by atoms with van der Waals surface area (Å²) in [5.41, 5.74) is 0.986. The van der Waals surface area contributed by atoms with Crippen molar-refractivity contribution in [2.24, 2.45) is 0 Å². The van der Waals surface area contributed by atoms with Crippen LogP contribution in [0, 0.1) is 0 Å². The fourth-order valence-corrected chi connectivity index (χ4v) is 2.26. The molecular weight excluding hydrogens is 348 g/mol. The molecule has 0 N–H and O–H groups in total. The molecule has 0 heterocycles. The minimum Gasteiger partial charge on any atom is -0.497 e. The Labute approximate surface area is 159 Å². The van der Waals surface area contributed by atoms with Gasteiger partial charge in [0.15, 0.2) is 18.1 Å². The molecule has 144 valence electrons. The summed E-state index contributed by atoms with van der Waals surface area (Å²) in [4.78, 5) is 11.8. The Kier molecular flexibility index (Phi) is 8.03. The monoisotopic (exact) mass is 372 g/mol. The maximum Gasteiger partial charge on any atom is 0.344 e. The van der Waals surface area contributed by atoms with Crippen molar-refractivity contribution in [3.8, 4) is 23.0 Å². The van der Waals surface area contributed by atoms with Crippen LogP contribution in [0.4, 0.5) is 0 Å². The Morgan fingerprint density at radius 2 is 1.63 bits per heavy atom. The lowest BCUT2D eigenvalue weighted by molar-refractivity contribution is -0.146. The van der Waals surface area contributed by atoms with Crippen molar-refractivity contribution in [2.45, 2.75) is 6.92 Å². The lowest BCUT2D eigenvalue weighted by atomic mass is 10.2. The molecule has 0 aliphatic rings. The van der Waals surface area contributed by atoms with Crippen molar-refractivity contribution >= 4 is 12.0 Å². The second-order valence-corrected chi connectivity index (χ2v) is 5.44. The molecule has 0 atom stereocenters. The molecule has 0 saturated carbocycles. The molecular formula is C21H24O6. The van der Waals surface area contributed by atoms with Crippen LogP contribution in [0.3, 0.4) is 0 Å². The van der Waals surface area contributed by atoms with Crippen LogP contribution in [0.2, 0.25) is 0 Å². The number of ether oxygens (including phenoxy) is 5. The summed E-state index contributed by atoms with van der Waals surface area (Å²) in [7, 11) is 3.15. The van der Waals surface area contributed by atoms with Crippen LogP contribution in [0.5, 0.6) is 23.0 Å². The van der Waals surface area contributed by atoms with E-state index in [1.807, 2.05) is 31.2 Å². The van der Waals surface area contributed by atoms with Crippen molar-refractivity contribution in [1.29, 1.82) is 0 Å². The van der Waals surface area contributed by atoms with E-state index in [-0.39, 0.29) is 19.8 Å². The molecule has 0 bridgehead atoms. The van der Waals surface area contributed by atoms with E-state index >= 15 is 0 Å². The van der Waals surface area contributed by atoms with Gasteiger partial charge in [-0.25, -0.2) is 4.79 Å². The van der Waals surface area contributed by atoms with Gasteiger partial charge in [0.25, 0.3) is 0 Å². The largest absolute Gasteiger partial charge is 0.497 e. The van der Waals surface area contributed by atoms with E-state index < -0.39 is 5.97 Å². The molecule has 0 radical (unpaired) electrons. The van der Waals surface area contributed by atoms with Gasteiger partial charge in [-0.2, -0.15) is 0 Å². The average Bonchev–Trinajstić information content (AvgIpc) is 2.70. The topological polar surface area (TPSA) is 63.2 Å². The fraction of sp³-hybridized carbons (Fsp3) is 0.286. The Morgan fingerprint density at radius 1 is 0.889 bits per heavy atom. The highest BCUT2D eigenvalue weighted by Crippen LogP contribution is 2.28. The number of allylic oxidation sites excluding steroid dienone is 1. The van der Waals surface area contributed by atoms with Crippen LogP contribution < -0.4 is 18.9 Å². The molecule has 6 heteroatoms. The zero-order chi connectivity index (χ0) is 19.5. The van der Waals surface area contributed by atoms with Gasteiger partial charge in [-0.15, -0.1) is 0 Å². The van der Waals surface area contributed by atoms with Gasteiger partial charge in [0, 0.05) is 0 Å². The molecule has 6 nitrogen and oxygen atoms in total. The lowest BCUT2D eigenvalue weighted by Gasteiger charge is -2.11. The van der Waals surface area contributed by atoms with E-state index in [9.17, 15) is 4.79 Å². The van der Waals surface area contributed by atoms with E-state index in [4.69, 9.17) is 23.7 Å². The van der Waals surface area contributed by atoms with Crippen LogP contribution in [-0.2, 0) is 9.53 Å². The summed E-state index contributed by atoms with van der Waals surface area (Å²) in [6, 6.07) is 12.6. The first-order valence-electron chi connectivity index (χ1n) is 8.52. The predicted octanol–water partition coefficient (Wildman–Crippen LogP) is 3.74. The van der Waals surface area contributed by atoms with Gasteiger partial charge < -0.3 is 23.7 Å². The number of carbonyl (C=O) groups excluding carboxylic acids is 1. The maximum absolute atomic E-state index is 11.8. The summed E-state index contributed by atoms with van der Waals surface area (Å²) >= 11 is 0. The number of benzene rings is 2. The Morgan fingerprint density at radius 3 is 2.30 bits per heavy atom. The van der Waals surface area contributed by atoms with Crippen LogP contribution in [0.25, 0.3) is 6.08 Å². The molecule has 0 aliphatic carbocycles. The smallest absolute Gasteiger partial charge is 0.344 e. The van der Waals surface area contributed by atoms with E-state index in [1.165, 1.54) is 0 Å². The van der Waals surface area contributed by atoms with Gasteiger partial charge in [-0.05, 0) is 48.9 Å². The summed E-state index contributed by atoms with van der Waals surface area (Å²) in [5.74, 6) is 1.99. The second-order valence-electron chi connectivity index (χ2n) is 5.44. The number of rotatable bonds is 10. The third kappa shape index (κ3) is 6.58. The third-order valence-corrected chi connectivity index (χ3v) is 3.57. The highest BCUT2D eigenvalue weighted by Gasteiger charge is 2.09. The number of methoxy groups -OCH3 is 2. The predicted molar refractivity (Wildman–Crippen MR) is 103 cm³/mol. The molecule has 0 unspecified atom stereocenters. The van der Waals surface area contributed by atoms with E-state index in [1.54, 1.807) is 44.6 Å². The Bertz CT molecular complexity index is 752. The van der Waals surface area contributed by atoms with Crippen molar-refractivity contribution in [2.75, 3.05) is 34.0 Å². The quantitative estimate of drug-likeness (QED) is 0.468. The van der Waals surface area contributed by atoms with Gasteiger partial charge >= 0.3 is 5.97 Å². The molecule has 27 heavy (non-hydrogen) atoms. The van der Waals surface area contributed by atoms with Crippen molar-refractivity contribution < 1.29 is 28.5 Å².